The second-order valence-electron chi connectivity index (χ2n) is 1.99. The van der Waals surface area contributed by atoms with Gasteiger partial charge in [-0.1, -0.05) is 0 Å². The fraction of sp³-hybridized carbons (Fsp3) is 0.400. The number of carbonyl (C=O) groups is 2. The van der Waals surface area contributed by atoms with E-state index in [2.05, 4.69) is 4.99 Å². The van der Waals surface area contributed by atoms with E-state index in [1.54, 1.807) is 0 Å². The molecule has 0 bridgehead atoms. The van der Waals surface area contributed by atoms with Crippen LogP contribution in [-0.4, -0.2) is 36.7 Å². The molecule has 0 saturated carbocycles. The van der Waals surface area contributed by atoms with Crippen molar-refractivity contribution in [3.05, 3.63) is 0 Å². The number of hydrogen-bond donors (Lipinski definition) is 2. The van der Waals surface area contributed by atoms with Crippen LogP contribution in [0.3, 0.4) is 0 Å². The van der Waals surface area contributed by atoms with Gasteiger partial charge in [-0.2, -0.15) is 0 Å². The SMILES string of the molecule is NC1=NC(=O)C(CC(=O)O)[Se]1. The first-order valence-corrected chi connectivity index (χ1v) is 4.70. The number of carboxylic acid groups (broad SMARTS) is 1. The Morgan fingerprint density at radius 2 is 2.45 bits per heavy atom. The summed E-state index contributed by atoms with van der Waals surface area (Å²) in [5.74, 6) is -1.36. The molecule has 1 atom stereocenters. The fourth-order valence-electron chi connectivity index (χ4n) is 0.691. The summed E-state index contributed by atoms with van der Waals surface area (Å²) in [7, 11) is 0. The minimum atomic E-state index is -0.977. The molecule has 1 unspecified atom stereocenters. The average Bonchev–Trinajstić information content (AvgIpc) is 2.09. The molecule has 0 aromatic rings. The van der Waals surface area contributed by atoms with Crippen molar-refractivity contribution in [1.29, 1.82) is 0 Å². The molecule has 0 saturated heterocycles. The molecule has 5 nitrogen and oxygen atoms in total. The Labute approximate surface area is 68.8 Å². The third-order valence-electron chi connectivity index (χ3n) is 1.12. The van der Waals surface area contributed by atoms with Crippen molar-refractivity contribution >= 4 is 31.6 Å². The van der Waals surface area contributed by atoms with Crippen molar-refractivity contribution in [3.63, 3.8) is 0 Å². The second-order valence-corrected chi connectivity index (χ2v) is 4.56. The Balaban J connectivity index is 2.53. The third-order valence-corrected chi connectivity index (χ3v) is 3.19. The monoisotopic (exact) mass is 222 g/mol. The van der Waals surface area contributed by atoms with Gasteiger partial charge in [0.1, 0.15) is 0 Å². The van der Waals surface area contributed by atoms with Crippen molar-refractivity contribution in [2.45, 2.75) is 11.2 Å². The van der Waals surface area contributed by atoms with Crippen LogP contribution in [0.5, 0.6) is 0 Å². The van der Waals surface area contributed by atoms with Gasteiger partial charge in [-0.25, -0.2) is 0 Å². The van der Waals surface area contributed by atoms with Gasteiger partial charge >= 0.3 is 68.2 Å². The number of amidine groups is 1. The molecule has 1 heterocycles. The van der Waals surface area contributed by atoms with E-state index in [4.69, 9.17) is 10.8 Å². The molecule has 0 radical (unpaired) electrons. The van der Waals surface area contributed by atoms with E-state index in [9.17, 15) is 9.59 Å². The number of hydrogen-bond acceptors (Lipinski definition) is 3. The van der Waals surface area contributed by atoms with Crippen molar-refractivity contribution in [3.8, 4) is 0 Å². The van der Waals surface area contributed by atoms with E-state index < -0.39 is 10.8 Å². The molecule has 60 valence electrons. The van der Waals surface area contributed by atoms with Gasteiger partial charge in [0.15, 0.2) is 0 Å². The van der Waals surface area contributed by atoms with Crippen molar-refractivity contribution < 1.29 is 14.7 Å². The number of aliphatic imine (C=N–C) groups is 1. The zero-order valence-electron chi connectivity index (χ0n) is 5.48. The van der Waals surface area contributed by atoms with Crippen LogP contribution in [0.25, 0.3) is 0 Å². The van der Waals surface area contributed by atoms with Crippen LogP contribution >= 0.6 is 0 Å². The Kier molecular flexibility index (Phi) is 2.26. The molecule has 0 aromatic carbocycles. The van der Waals surface area contributed by atoms with E-state index in [1.165, 1.54) is 0 Å². The van der Waals surface area contributed by atoms with Gasteiger partial charge in [0.05, 0.1) is 0 Å². The number of carboxylic acids is 1. The number of amides is 1. The summed E-state index contributed by atoms with van der Waals surface area (Å²) in [5, 5.41) is 8.34. The molecule has 0 aromatic heterocycles. The quantitative estimate of drug-likeness (QED) is 0.573. The summed E-state index contributed by atoms with van der Waals surface area (Å²) in [6.45, 7) is 0. The standard InChI is InChI=1S/C5H6N2O3Se/c6-5-7-4(10)2(11-5)1-3(8)9/h2H,1H2,(H,8,9)(H2,6,7,10). The van der Waals surface area contributed by atoms with Gasteiger partial charge < -0.3 is 0 Å². The molecular formula is C5H6N2O3Se. The molecule has 11 heavy (non-hydrogen) atoms. The van der Waals surface area contributed by atoms with Crippen molar-refractivity contribution in [1.82, 2.24) is 0 Å². The Hall–Kier alpha value is -0.871. The number of nitrogens with zero attached hydrogens (tertiary/aromatic N) is 1. The summed E-state index contributed by atoms with van der Waals surface area (Å²) in [6, 6.07) is 0. The molecule has 3 N–H and O–H groups in total. The first kappa shape index (κ1) is 8.23. The summed E-state index contributed by atoms with van der Waals surface area (Å²) < 4.78 is 0.300. The maximum absolute atomic E-state index is 10.8. The van der Waals surface area contributed by atoms with Crippen LogP contribution in [-0.2, 0) is 9.59 Å². The van der Waals surface area contributed by atoms with Crippen LogP contribution < -0.4 is 5.73 Å². The van der Waals surface area contributed by atoms with Crippen molar-refractivity contribution in [2.24, 2.45) is 10.7 Å². The molecule has 1 aliphatic rings. The van der Waals surface area contributed by atoms with Gasteiger partial charge in [-0.3, -0.25) is 0 Å². The third kappa shape index (κ3) is 2.03. The first-order chi connectivity index (χ1) is 5.09. The van der Waals surface area contributed by atoms with Gasteiger partial charge in [0, 0.05) is 0 Å². The Morgan fingerprint density at radius 3 is 2.82 bits per heavy atom. The van der Waals surface area contributed by atoms with Crippen LogP contribution in [0.1, 0.15) is 6.42 Å². The molecule has 6 heteroatoms. The van der Waals surface area contributed by atoms with Crippen LogP contribution in [0.15, 0.2) is 4.99 Å². The molecule has 0 fully saturated rings. The molecule has 1 rings (SSSR count). The predicted molar refractivity (Wildman–Crippen MR) is 38.4 cm³/mol. The number of aliphatic carboxylic acids is 1. The molecular weight excluding hydrogens is 215 g/mol. The van der Waals surface area contributed by atoms with E-state index >= 15 is 0 Å². The zero-order valence-corrected chi connectivity index (χ0v) is 7.19. The van der Waals surface area contributed by atoms with E-state index in [0.29, 0.717) is 4.73 Å². The number of nitrogens with two attached hydrogens (primary N) is 1. The Bertz CT molecular complexity index is 238. The number of carbonyl (C=O) groups excluding carboxylic acids is 1. The average molecular weight is 221 g/mol. The summed E-state index contributed by atoms with van der Waals surface area (Å²) in [4.78, 5) is 23.9. The van der Waals surface area contributed by atoms with Crippen molar-refractivity contribution in [2.75, 3.05) is 0 Å². The molecule has 0 aliphatic carbocycles. The summed E-state index contributed by atoms with van der Waals surface area (Å²) >= 11 is -0.254. The van der Waals surface area contributed by atoms with Crippen LogP contribution in [0.2, 0.25) is 4.82 Å². The second kappa shape index (κ2) is 3.02. The topological polar surface area (TPSA) is 92.8 Å². The van der Waals surface area contributed by atoms with E-state index in [-0.39, 0.29) is 27.3 Å². The van der Waals surface area contributed by atoms with Gasteiger partial charge in [-0.15, -0.1) is 0 Å². The normalized spacial score (nSPS) is 23.5. The van der Waals surface area contributed by atoms with E-state index in [1.807, 2.05) is 0 Å². The Morgan fingerprint density at radius 1 is 1.82 bits per heavy atom. The minimum absolute atomic E-state index is 0.150. The molecule has 0 spiro atoms. The summed E-state index contributed by atoms with van der Waals surface area (Å²) in [6.07, 6.45) is -0.150. The molecule has 1 amide bonds. The summed E-state index contributed by atoms with van der Waals surface area (Å²) in [5.41, 5.74) is 5.26. The molecule has 1 aliphatic heterocycles. The van der Waals surface area contributed by atoms with Gasteiger partial charge in [0.25, 0.3) is 0 Å². The van der Waals surface area contributed by atoms with Crippen LogP contribution in [0.4, 0.5) is 0 Å². The number of rotatable bonds is 2. The van der Waals surface area contributed by atoms with Gasteiger partial charge in [-0.05, 0) is 0 Å². The van der Waals surface area contributed by atoms with Gasteiger partial charge in [0.2, 0.25) is 0 Å². The van der Waals surface area contributed by atoms with Crippen LogP contribution in [0, 0.1) is 0 Å². The zero-order chi connectivity index (χ0) is 8.43. The predicted octanol–water partition coefficient (Wildman–Crippen LogP) is -1.19. The van der Waals surface area contributed by atoms with E-state index in [0.717, 1.165) is 0 Å². The maximum atomic E-state index is 10.8. The first-order valence-electron chi connectivity index (χ1n) is 2.86. The fourth-order valence-corrected chi connectivity index (χ4v) is 2.40.